The van der Waals surface area contributed by atoms with Crippen LogP contribution in [0, 0.1) is 12.8 Å². The molecule has 140 valence electrons. The minimum Gasteiger partial charge on any atom is -0.496 e. The molecule has 1 heterocycles. The van der Waals surface area contributed by atoms with E-state index in [0.717, 1.165) is 28.9 Å². The number of nitrogens with zero attached hydrogens (tertiary/aromatic N) is 1. The molecule has 2 aromatic carbocycles. The summed E-state index contributed by atoms with van der Waals surface area (Å²) < 4.78 is 6.79. The molecule has 1 aliphatic heterocycles. The Balaban J connectivity index is 2.22. The molecule has 1 aliphatic rings. The van der Waals surface area contributed by atoms with Crippen molar-refractivity contribution in [3.63, 3.8) is 0 Å². The molecule has 26 heavy (non-hydrogen) atoms. The minimum absolute atomic E-state index is 0.179. The molecular weight excluding hydrogens is 388 g/mol. The molecule has 2 aromatic rings. The van der Waals surface area contributed by atoms with E-state index in [0.29, 0.717) is 12.0 Å². The second-order valence-corrected chi connectivity index (χ2v) is 8.70. The largest absolute Gasteiger partial charge is 0.496 e. The lowest BCUT2D eigenvalue weighted by Crippen LogP contribution is -2.44. The summed E-state index contributed by atoms with van der Waals surface area (Å²) in [5.74, 6) is 1.52. The Bertz CT molecular complexity index is 803. The van der Waals surface area contributed by atoms with Crippen molar-refractivity contribution in [3.05, 3.63) is 57.1 Å². The average molecular weight is 417 g/mol. The van der Waals surface area contributed by atoms with Gasteiger partial charge in [-0.25, -0.2) is 0 Å². The highest BCUT2D eigenvalue weighted by Gasteiger charge is 2.35. The highest BCUT2D eigenvalue weighted by Crippen LogP contribution is 2.44. The van der Waals surface area contributed by atoms with E-state index in [1.807, 2.05) is 0 Å². The molecule has 0 saturated heterocycles. The Labute approximate surface area is 165 Å². The zero-order chi connectivity index (χ0) is 19.0. The van der Waals surface area contributed by atoms with Crippen LogP contribution in [0.5, 0.6) is 5.75 Å². The number of ether oxygens (including phenoxy) is 1. The first kappa shape index (κ1) is 19.2. The van der Waals surface area contributed by atoms with Gasteiger partial charge in [-0.15, -0.1) is 0 Å². The minimum atomic E-state index is 0.179. The van der Waals surface area contributed by atoms with Crippen LogP contribution in [0.3, 0.4) is 0 Å². The summed E-state index contributed by atoms with van der Waals surface area (Å²) in [6.07, 6.45) is 1.04. The summed E-state index contributed by atoms with van der Waals surface area (Å²) in [4.78, 5) is 2.62. The first-order chi connectivity index (χ1) is 12.3. The zero-order valence-electron chi connectivity index (χ0n) is 16.3. The maximum absolute atomic E-state index is 6.22. The number of halogens is 1. The van der Waals surface area contributed by atoms with Gasteiger partial charge in [0.15, 0.2) is 0 Å². The quantitative estimate of drug-likeness (QED) is 0.683. The molecule has 0 spiro atoms. The van der Waals surface area contributed by atoms with Crippen LogP contribution in [0.4, 0.5) is 5.69 Å². The molecular formula is C22H29BrN2O. The maximum Gasteiger partial charge on any atom is 0.125 e. The summed E-state index contributed by atoms with van der Waals surface area (Å²) in [6.45, 7) is 10.1. The molecule has 0 radical (unpaired) electrons. The number of methoxy groups -OCH3 is 1. The van der Waals surface area contributed by atoms with Crippen LogP contribution in [-0.4, -0.2) is 24.6 Å². The van der Waals surface area contributed by atoms with Gasteiger partial charge in [-0.05, 0) is 61.1 Å². The average Bonchev–Trinajstić information content (AvgIpc) is 2.59. The van der Waals surface area contributed by atoms with Gasteiger partial charge in [0.05, 0.1) is 13.2 Å². The molecule has 0 aliphatic carbocycles. The smallest absolute Gasteiger partial charge is 0.125 e. The Morgan fingerprint density at radius 1 is 1.23 bits per heavy atom. The standard InChI is InChI=1S/C22H29BrN2O/c1-13(2)12-25-14(3)10-19-15(4)20(24)9-8-17(19)22(25)18-7-6-16(23)11-21(18)26-5/h6-9,11,13-14,22H,10,12,24H2,1-5H3/t14-,22+/m1/s1. The van der Waals surface area contributed by atoms with Crippen LogP contribution < -0.4 is 10.5 Å². The number of fused-ring (bicyclic) bond motifs is 1. The number of hydrogen-bond acceptors (Lipinski definition) is 3. The molecule has 4 heteroatoms. The Morgan fingerprint density at radius 3 is 2.58 bits per heavy atom. The molecule has 2 atom stereocenters. The van der Waals surface area contributed by atoms with Gasteiger partial charge in [-0.3, -0.25) is 4.90 Å². The van der Waals surface area contributed by atoms with Crippen LogP contribution in [0.15, 0.2) is 34.8 Å². The van der Waals surface area contributed by atoms with Crippen LogP contribution >= 0.6 is 15.9 Å². The fourth-order valence-electron chi connectivity index (χ4n) is 4.13. The number of hydrogen-bond donors (Lipinski definition) is 1. The van der Waals surface area contributed by atoms with E-state index in [4.69, 9.17) is 10.5 Å². The second-order valence-electron chi connectivity index (χ2n) is 7.78. The molecule has 0 aromatic heterocycles. The third-order valence-electron chi connectivity index (χ3n) is 5.43. The lowest BCUT2D eigenvalue weighted by atomic mass is 9.82. The van der Waals surface area contributed by atoms with Gasteiger partial charge in [0.2, 0.25) is 0 Å². The van der Waals surface area contributed by atoms with Crippen molar-refractivity contribution < 1.29 is 4.74 Å². The van der Waals surface area contributed by atoms with Crippen molar-refractivity contribution >= 4 is 21.6 Å². The van der Waals surface area contributed by atoms with Gasteiger partial charge < -0.3 is 10.5 Å². The van der Waals surface area contributed by atoms with E-state index in [-0.39, 0.29) is 6.04 Å². The summed E-state index contributed by atoms with van der Waals surface area (Å²) in [7, 11) is 1.75. The van der Waals surface area contributed by atoms with Crippen LogP contribution in [0.1, 0.15) is 49.1 Å². The molecule has 0 amide bonds. The first-order valence-electron chi connectivity index (χ1n) is 9.30. The van der Waals surface area contributed by atoms with E-state index >= 15 is 0 Å². The molecule has 3 rings (SSSR count). The molecule has 2 N–H and O–H groups in total. The van der Waals surface area contributed by atoms with Gasteiger partial charge in [-0.2, -0.15) is 0 Å². The Hall–Kier alpha value is -1.52. The monoisotopic (exact) mass is 416 g/mol. The van der Waals surface area contributed by atoms with Crippen LogP contribution in [0.2, 0.25) is 0 Å². The number of nitrogen functional groups attached to an aromatic ring is 1. The SMILES string of the molecule is COc1cc(Br)ccc1[C@@H]1c2ccc(N)c(C)c2C[C@@H](C)N1CC(C)C. The predicted molar refractivity (Wildman–Crippen MR) is 113 cm³/mol. The van der Waals surface area contributed by atoms with Gasteiger partial charge in [0.25, 0.3) is 0 Å². The fraction of sp³-hybridized carbons (Fsp3) is 0.455. The van der Waals surface area contributed by atoms with Gasteiger partial charge in [-0.1, -0.05) is 41.9 Å². The number of rotatable bonds is 4. The summed E-state index contributed by atoms with van der Waals surface area (Å²) in [6, 6.07) is 11.2. The number of anilines is 1. The highest BCUT2D eigenvalue weighted by molar-refractivity contribution is 9.10. The zero-order valence-corrected chi connectivity index (χ0v) is 17.9. The highest BCUT2D eigenvalue weighted by atomic mass is 79.9. The van der Waals surface area contributed by atoms with E-state index in [9.17, 15) is 0 Å². The topological polar surface area (TPSA) is 38.5 Å². The van der Waals surface area contributed by atoms with E-state index < -0.39 is 0 Å². The van der Waals surface area contributed by atoms with Crippen molar-refractivity contribution in [2.75, 3.05) is 19.4 Å². The van der Waals surface area contributed by atoms with Gasteiger partial charge in [0, 0.05) is 28.3 Å². The van der Waals surface area contributed by atoms with Crippen LogP contribution in [-0.2, 0) is 6.42 Å². The molecule has 0 fully saturated rings. The third kappa shape index (κ3) is 3.49. The second kappa shape index (κ2) is 7.61. The maximum atomic E-state index is 6.22. The van der Waals surface area contributed by atoms with Crippen molar-refractivity contribution in [3.8, 4) is 5.75 Å². The fourth-order valence-corrected chi connectivity index (χ4v) is 4.47. The van der Waals surface area contributed by atoms with E-state index in [1.165, 1.54) is 22.3 Å². The molecule has 0 bridgehead atoms. The van der Waals surface area contributed by atoms with E-state index in [1.54, 1.807) is 7.11 Å². The Morgan fingerprint density at radius 2 is 1.92 bits per heavy atom. The van der Waals surface area contributed by atoms with Crippen molar-refractivity contribution in [2.45, 2.75) is 46.2 Å². The van der Waals surface area contributed by atoms with Crippen molar-refractivity contribution in [1.82, 2.24) is 4.90 Å². The normalized spacial score (nSPS) is 20.3. The van der Waals surface area contributed by atoms with Gasteiger partial charge in [0.1, 0.15) is 5.75 Å². The van der Waals surface area contributed by atoms with Crippen molar-refractivity contribution in [2.24, 2.45) is 5.92 Å². The summed E-state index contributed by atoms with van der Waals surface area (Å²) in [5.41, 5.74) is 12.3. The molecule has 0 saturated carbocycles. The van der Waals surface area contributed by atoms with Gasteiger partial charge >= 0.3 is 0 Å². The first-order valence-corrected chi connectivity index (χ1v) is 10.1. The van der Waals surface area contributed by atoms with E-state index in [2.05, 4.69) is 78.9 Å². The van der Waals surface area contributed by atoms with Crippen molar-refractivity contribution in [1.29, 1.82) is 0 Å². The number of benzene rings is 2. The molecule has 3 nitrogen and oxygen atoms in total. The lowest BCUT2D eigenvalue weighted by Gasteiger charge is -2.44. The lowest BCUT2D eigenvalue weighted by molar-refractivity contribution is 0.131. The summed E-state index contributed by atoms with van der Waals surface area (Å²) >= 11 is 3.57. The van der Waals surface area contributed by atoms with Crippen LogP contribution in [0.25, 0.3) is 0 Å². The number of nitrogens with two attached hydrogens (primary N) is 1. The molecule has 0 unspecified atom stereocenters. The summed E-state index contributed by atoms with van der Waals surface area (Å²) in [5, 5.41) is 0. The third-order valence-corrected chi connectivity index (χ3v) is 5.93. The predicted octanol–water partition coefficient (Wildman–Crippen LogP) is 5.34. The Kier molecular flexibility index (Phi) is 5.64.